The molecule has 5 nitrogen and oxygen atoms in total. The number of imidazole rings is 1. The molecule has 2 aromatic rings. The van der Waals surface area contributed by atoms with Crippen molar-refractivity contribution in [2.24, 2.45) is 0 Å². The van der Waals surface area contributed by atoms with Gasteiger partial charge in [0.1, 0.15) is 6.33 Å². The topological polar surface area (TPSA) is 52.7 Å². The molecule has 0 spiro atoms. The summed E-state index contributed by atoms with van der Waals surface area (Å²) in [6, 6.07) is 0. The molecule has 0 aliphatic rings. The van der Waals surface area contributed by atoms with Gasteiger partial charge in [-0.05, 0) is 13.8 Å². The van der Waals surface area contributed by atoms with Crippen molar-refractivity contribution in [3.05, 3.63) is 23.0 Å². The van der Waals surface area contributed by atoms with Crippen LogP contribution in [-0.4, -0.2) is 19.1 Å². The van der Waals surface area contributed by atoms with Gasteiger partial charge in [0.05, 0.1) is 6.33 Å². The molecule has 2 heterocycles. The Balaban J connectivity index is 2.79. The normalized spacial score (nSPS) is 11.0. The molecular formula is C9H12N4O. The molecule has 0 saturated carbocycles. The number of fused-ring (bicyclic) bond motifs is 1. The van der Waals surface area contributed by atoms with Gasteiger partial charge in [0.25, 0.3) is 5.56 Å². The molecule has 0 aliphatic heterocycles. The highest BCUT2D eigenvalue weighted by Crippen LogP contribution is 2.03. The van der Waals surface area contributed by atoms with Crippen molar-refractivity contribution in [3.63, 3.8) is 0 Å². The smallest absolute Gasteiger partial charge is 0.281 e. The highest BCUT2D eigenvalue weighted by atomic mass is 16.1. The van der Waals surface area contributed by atoms with Crippen LogP contribution in [0.1, 0.15) is 13.8 Å². The molecule has 0 atom stereocenters. The first-order valence-electron chi connectivity index (χ1n) is 4.68. The van der Waals surface area contributed by atoms with E-state index in [9.17, 15) is 4.79 Å². The van der Waals surface area contributed by atoms with Gasteiger partial charge in [-0.1, -0.05) is 0 Å². The predicted octanol–water partition coefficient (Wildman–Crippen LogP) is 0.633. The maximum Gasteiger partial charge on any atom is 0.281 e. The molecule has 2 rings (SSSR count). The van der Waals surface area contributed by atoms with Crippen LogP contribution >= 0.6 is 0 Å². The quantitative estimate of drug-likeness (QED) is 0.701. The number of rotatable bonds is 2. The lowest BCUT2D eigenvalue weighted by Crippen LogP contribution is -2.19. The molecule has 0 radical (unpaired) electrons. The third-order valence-corrected chi connectivity index (χ3v) is 2.27. The molecule has 0 aromatic carbocycles. The Kier molecular flexibility index (Phi) is 2.07. The maximum absolute atomic E-state index is 11.7. The zero-order chi connectivity index (χ0) is 10.1. The Morgan fingerprint density at radius 2 is 1.79 bits per heavy atom. The van der Waals surface area contributed by atoms with Crippen molar-refractivity contribution in [2.45, 2.75) is 26.9 Å². The van der Waals surface area contributed by atoms with E-state index in [-0.39, 0.29) is 5.56 Å². The fraction of sp³-hybridized carbons (Fsp3) is 0.444. The fourth-order valence-electron chi connectivity index (χ4n) is 1.43. The lowest BCUT2D eigenvalue weighted by molar-refractivity contribution is 0.710. The minimum Gasteiger partial charge on any atom is -0.315 e. The van der Waals surface area contributed by atoms with E-state index in [1.807, 2.05) is 18.4 Å². The summed E-state index contributed by atoms with van der Waals surface area (Å²) in [4.78, 5) is 20.0. The van der Waals surface area contributed by atoms with Gasteiger partial charge in [0, 0.05) is 13.1 Å². The first-order chi connectivity index (χ1) is 6.77. The van der Waals surface area contributed by atoms with E-state index in [2.05, 4.69) is 9.97 Å². The zero-order valence-electron chi connectivity index (χ0n) is 8.27. The molecule has 0 amide bonds. The number of aromatic nitrogens is 4. The van der Waals surface area contributed by atoms with Gasteiger partial charge in [-0.3, -0.25) is 9.36 Å². The Morgan fingerprint density at radius 3 is 2.43 bits per heavy atom. The average Bonchev–Trinajstić information content (AvgIpc) is 2.62. The van der Waals surface area contributed by atoms with Crippen molar-refractivity contribution >= 4 is 11.2 Å². The van der Waals surface area contributed by atoms with Crippen LogP contribution in [0.2, 0.25) is 0 Å². The second-order valence-corrected chi connectivity index (χ2v) is 3.04. The Labute approximate surface area is 81.0 Å². The van der Waals surface area contributed by atoms with Crippen LogP contribution in [0, 0.1) is 0 Å². The minimum absolute atomic E-state index is 0.0651. The van der Waals surface area contributed by atoms with Gasteiger partial charge in [0.15, 0.2) is 11.2 Å². The summed E-state index contributed by atoms with van der Waals surface area (Å²) in [6.45, 7) is 5.31. The minimum atomic E-state index is -0.0651. The molecule has 14 heavy (non-hydrogen) atoms. The van der Waals surface area contributed by atoms with Crippen LogP contribution < -0.4 is 5.56 Å². The van der Waals surface area contributed by atoms with Crippen LogP contribution in [-0.2, 0) is 13.1 Å². The molecule has 0 saturated heterocycles. The lowest BCUT2D eigenvalue weighted by Gasteiger charge is -2.00. The summed E-state index contributed by atoms with van der Waals surface area (Å²) >= 11 is 0. The molecule has 74 valence electrons. The van der Waals surface area contributed by atoms with E-state index in [0.29, 0.717) is 17.7 Å². The highest BCUT2D eigenvalue weighted by molar-refractivity contribution is 5.68. The van der Waals surface area contributed by atoms with Gasteiger partial charge in [-0.25, -0.2) is 9.97 Å². The number of aryl methyl sites for hydroxylation is 2. The van der Waals surface area contributed by atoms with Crippen molar-refractivity contribution in [3.8, 4) is 0 Å². The average molecular weight is 192 g/mol. The first kappa shape index (κ1) is 8.93. The Hall–Kier alpha value is -1.65. The SMILES string of the molecule is CCn1cnc2c(ncn2CC)c1=O. The third kappa shape index (κ3) is 1.13. The number of nitrogens with zero attached hydrogens (tertiary/aromatic N) is 4. The second-order valence-electron chi connectivity index (χ2n) is 3.04. The lowest BCUT2D eigenvalue weighted by atomic mass is 10.5. The monoisotopic (exact) mass is 192 g/mol. The molecule has 0 N–H and O–H groups in total. The van der Waals surface area contributed by atoms with E-state index in [4.69, 9.17) is 0 Å². The van der Waals surface area contributed by atoms with E-state index in [1.54, 1.807) is 17.2 Å². The van der Waals surface area contributed by atoms with Gasteiger partial charge in [-0.15, -0.1) is 0 Å². The van der Waals surface area contributed by atoms with Gasteiger partial charge in [-0.2, -0.15) is 0 Å². The number of hydrogen-bond donors (Lipinski definition) is 0. The zero-order valence-corrected chi connectivity index (χ0v) is 8.27. The highest BCUT2D eigenvalue weighted by Gasteiger charge is 2.07. The second kappa shape index (κ2) is 3.25. The molecule has 5 heteroatoms. The molecule has 0 fully saturated rings. The Morgan fingerprint density at radius 1 is 1.14 bits per heavy atom. The fourth-order valence-corrected chi connectivity index (χ4v) is 1.43. The van der Waals surface area contributed by atoms with Crippen LogP contribution in [0.25, 0.3) is 11.2 Å². The third-order valence-electron chi connectivity index (χ3n) is 2.27. The predicted molar refractivity (Wildman–Crippen MR) is 53.1 cm³/mol. The van der Waals surface area contributed by atoms with E-state index >= 15 is 0 Å². The van der Waals surface area contributed by atoms with Crippen molar-refractivity contribution < 1.29 is 0 Å². The largest absolute Gasteiger partial charge is 0.315 e. The van der Waals surface area contributed by atoms with Gasteiger partial charge < -0.3 is 4.57 Å². The number of hydrogen-bond acceptors (Lipinski definition) is 3. The van der Waals surface area contributed by atoms with Crippen LogP contribution in [0.15, 0.2) is 17.4 Å². The summed E-state index contributed by atoms with van der Waals surface area (Å²) in [5.74, 6) is 0. The van der Waals surface area contributed by atoms with Crippen molar-refractivity contribution in [1.82, 2.24) is 19.1 Å². The van der Waals surface area contributed by atoms with Crippen LogP contribution in [0.5, 0.6) is 0 Å². The Bertz CT molecular complexity index is 511. The summed E-state index contributed by atoms with van der Waals surface area (Å²) in [6.07, 6.45) is 3.22. The van der Waals surface area contributed by atoms with Crippen molar-refractivity contribution in [2.75, 3.05) is 0 Å². The summed E-state index contributed by atoms with van der Waals surface area (Å²) in [7, 11) is 0. The van der Waals surface area contributed by atoms with Crippen LogP contribution in [0.3, 0.4) is 0 Å². The van der Waals surface area contributed by atoms with E-state index in [0.717, 1.165) is 6.54 Å². The van der Waals surface area contributed by atoms with Gasteiger partial charge in [0.2, 0.25) is 0 Å². The molecular weight excluding hydrogens is 180 g/mol. The van der Waals surface area contributed by atoms with Crippen LogP contribution in [0.4, 0.5) is 0 Å². The summed E-state index contributed by atoms with van der Waals surface area (Å²) in [5.41, 5.74) is 1.06. The molecule has 2 aromatic heterocycles. The standard InChI is InChI=1S/C9H12N4O/c1-3-12-5-10-7-8(12)11-6-13(4-2)9(7)14/h5-6H,3-4H2,1-2H3. The molecule has 0 unspecified atom stereocenters. The van der Waals surface area contributed by atoms with Crippen molar-refractivity contribution in [1.29, 1.82) is 0 Å². The maximum atomic E-state index is 11.7. The van der Waals surface area contributed by atoms with Gasteiger partial charge >= 0.3 is 0 Å². The molecule has 0 bridgehead atoms. The first-order valence-corrected chi connectivity index (χ1v) is 4.68. The van der Waals surface area contributed by atoms with E-state index < -0.39 is 0 Å². The summed E-state index contributed by atoms with van der Waals surface area (Å²) in [5, 5.41) is 0. The summed E-state index contributed by atoms with van der Waals surface area (Å²) < 4.78 is 3.41. The van der Waals surface area contributed by atoms with E-state index in [1.165, 1.54) is 0 Å². The molecule has 0 aliphatic carbocycles.